The lowest BCUT2D eigenvalue weighted by atomic mass is 10.2. The average Bonchev–Trinajstić information content (AvgIpc) is 2.64. The van der Waals surface area contributed by atoms with Crippen LogP contribution in [0, 0.1) is 0 Å². The minimum Gasteiger partial charge on any atom is -0.350 e. The minimum atomic E-state index is -3.86. The first-order valence-electron chi connectivity index (χ1n) is 8.08. The summed E-state index contributed by atoms with van der Waals surface area (Å²) in [7, 11) is -3.86. The number of carbonyl (C=O) groups is 2. The molecule has 134 valence electrons. The molecule has 0 radical (unpaired) electrons. The van der Waals surface area contributed by atoms with Gasteiger partial charge in [-0.3, -0.25) is 9.59 Å². The van der Waals surface area contributed by atoms with Gasteiger partial charge in [0.15, 0.2) is 9.84 Å². The van der Waals surface area contributed by atoms with Gasteiger partial charge in [0.2, 0.25) is 5.91 Å². The summed E-state index contributed by atoms with van der Waals surface area (Å²) >= 11 is 0. The number of carbonyl (C=O) groups excluding carboxylic acids is 2. The molecule has 0 saturated carbocycles. The molecule has 1 aliphatic rings. The quantitative estimate of drug-likeness (QED) is 0.793. The maximum absolute atomic E-state index is 12.5. The molecule has 0 bridgehead atoms. The Morgan fingerprint density at radius 1 is 1.08 bits per heavy atom. The van der Waals surface area contributed by atoms with Crippen LogP contribution in [0.25, 0.3) is 6.08 Å². The van der Waals surface area contributed by atoms with Crippen molar-refractivity contribution >= 4 is 27.7 Å². The number of hydrogen-bond acceptors (Lipinski definition) is 4. The number of amides is 2. The van der Waals surface area contributed by atoms with Crippen molar-refractivity contribution in [2.24, 2.45) is 0 Å². The normalized spacial score (nSPS) is 20.4. The van der Waals surface area contributed by atoms with Crippen LogP contribution in [0.5, 0.6) is 0 Å². The summed E-state index contributed by atoms with van der Waals surface area (Å²) in [6.45, 7) is 0.263. The molecule has 1 heterocycles. The van der Waals surface area contributed by atoms with E-state index in [-0.39, 0.29) is 11.4 Å². The maximum atomic E-state index is 12.5. The third kappa shape index (κ3) is 4.18. The van der Waals surface area contributed by atoms with E-state index in [0.717, 1.165) is 5.56 Å². The van der Waals surface area contributed by atoms with Crippen molar-refractivity contribution in [1.29, 1.82) is 0 Å². The van der Waals surface area contributed by atoms with Crippen LogP contribution in [0.15, 0.2) is 65.6 Å². The first-order valence-corrected chi connectivity index (χ1v) is 9.73. The van der Waals surface area contributed by atoms with Gasteiger partial charge in [0.1, 0.15) is 10.9 Å². The lowest BCUT2D eigenvalue weighted by Gasteiger charge is -2.24. The molecule has 2 amide bonds. The summed E-state index contributed by atoms with van der Waals surface area (Å²) in [5.41, 5.74) is 1.49. The van der Waals surface area contributed by atoms with E-state index in [2.05, 4.69) is 10.6 Å². The Balaban J connectivity index is 1.71. The van der Waals surface area contributed by atoms with Crippen molar-refractivity contribution in [2.45, 2.75) is 12.6 Å². The summed E-state index contributed by atoms with van der Waals surface area (Å²) in [5.74, 6) is -1.75. The fourth-order valence-corrected chi connectivity index (χ4v) is 4.14. The number of sulfone groups is 1. The van der Waals surface area contributed by atoms with Crippen LogP contribution < -0.4 is 10.6 Å². The predicted octanol–water partition coefficient (Wildman–Crippen LogP) is 1.26. The Labute approximate surface area is 151 Å². The van der Waals surface area contributed by atoms with Crippen LogP contribution >= 0.6 is 0 Å². The van der Waals surface area contributed by atoms with Gasteiger partial charge in [0, 0.05) is 6.54 Å². The van der Waals surface area contributed by atoms with E-state index >= 15 is 0 Å². The van der Waals surface area contributed by atoms with Gasteiger partial charge in [-0.25, -0.2) is 8.42 Å². The number of nitrogens with one attached hydrogen (secondary N) is 2. The number of hydrogen-bond donors (Lipinski definition) is 2. The highest BCUT2D eigenvalue weighted by Crippen LogP contribution is 2.19. The first kappa shape index (κ1) is 17.9. The lowest BCUT2D eigenvalue weighted by molar-refractivity contribution is -0.127. The highest BCUT2D eigenvalue weighted by atomic mass is 32.2. The average molecular weight is 370 g/mol. The van der Waals surface area contributed by atoms with Crippen LogP contribution in [-0.2, 0) is 26.0 Å². The summed E-state index contributed by atoms with van der Waals surface area (Å²) in [4.78, 5) is 24.2. The molecule has 0 aromatic heterocycles. The van der Waals surface area contributed by atoms with Gasteiger partial charge in [0.25, 0.3) is 5.91 Å². The fraction of sp³-hybridized carbons (Fsp3) is 0.158. The van der Waals surface area contributed by atoms with Crippen molar-refractivity contribution in [1.82, 2.24) is 10.6 Å². The van der Waals surface area contributed by atoms with Crippen molar-refractivity contribution in [3.63, 3.8) is 0 Å². The monoisotopic (exact) mass is 370 g/mol. The second-order valence-electron chi connectivity index (χ2n) is 5.93. The molecule has 3 rings (SSSR count). The molecule has 0 spiro atoms. The van der Waals surface area contributed by atoms with Crippen molar-refractivity contribution in [2.75, 3.05) is 5.75 Å². The highest BCUT2D eigenvalue weighted by Gasteiger charge is 2.38. The summed E-state index contributed by atoms with van der Waals surface area (Å²) in [6, 6.07) is 16.8. The van der Waals surface area contributed by atoms with E-state index in [1.807, 2.05) is 30.3 Å². The Kier molecular flexibility index (Phi) is 5.18. The van der Waals surface area contributed by atoms with E-state index in [0.29, 0.717) is 5.56 Å². The highest BCUT2D eigenvalue weighted by molar-refractivity contribution is 7.96. The molecule has 1 unspecified atom stereocenters. The van der Waals surface area contributed by atoms with Crippen molar-refractivity contribution in [3.05, 3.63) is 76.7 Å². The van der Waals surface area contributed by atoms with Crippen LogP contribution in [-0.4, -0.2) is 32.0 Å². The predicted molar refractivity (Wildman–Crippen MR) is 98.4 cm³/mol. The molecule has 1 aliphatic heterocycles. The van der Waals surface area contributed by atoms with Gasteiger partial charge in [-0.2, -0.15) is 0 Å². The zero-order valence-corrected chi connectivity index (χ0v) is 14.7. The third-order valence-electron chi connectivity index (χ3n) is 3.97. The van der Waals surface area contributed by atoms with Gasteiger partial charge >= 0.3 is 0 Å². The molecular formula is C19H18N2O4S. The van der Waals surface area contributed by atoms with E-state index in [1.54, 1.807) is 30.3 Å². The van der Waals surface area contributed by atoms with Crippen molar-refractivity contribution in [3.8, 4) is 0 Å². The van der Waals surface area contributed by atoms with Crippen LogP contribution in [0.1, 0.15) is 11.1 Å². The second-order valence-corrected chi connectivity index (χ2v) is 7.93. The van der Waals surface area contributed by atoms with Crippen molar-refractivity contribution < 1.29 is 18.0 Å². The molecule has 1 fully saturated rings. The van der Waals surface area contributed by atoms with Gasteiger partial charge in [-0.1, -0.05) is 60.7 Å². The molecule has 26 heavy (non-hydrogen) atoms. The molecule has 2 N–H and O–H groups in total. The molecule has 0 aliphatic carbocycles. The van der Waals surface area contributed by atoms with Crippen LogP contribution in [0.4, 0.5) is 0 Å². The minimum absolute atomic E-state index is 0.263. The van der Waals surface area contributed by atoms with Crippen LogP contribution in [0.2, 0.25) is 0 Å². The van der Waals surface area contributed by atoms with E-state index in [1.165, 1.54) is 6.08 Å². The standard InChI is InChI=1S/C19H18N2O4S/c22-18(20-12-15-9-5-2-6-10-15)16-13-26(24,25)17(19(23)21-16)11-14-7-3-1-4-8-14/h1-11,16H,12-13H2,(H,20,22)(H,21,23)/b17-11-. The lowest BCUT2D eigenvalue weighted by Crippen LogP contribution is -2.55. The summed E-state index contributed by atoms with van der Waals surface area (Å²) in [5, 5.41) is 5.13. The third-order valence-corrected chi connectivity index (χ3v) is 5.72. The Morgan fingerprint density at radius 2 is 1.69 bits per heavy atom. The van der Waals surface area contributed by atoms with E-state index in [9.17, 15) is 18.0 Å². The molecule has 1 saturated heterocycles. The van der Waals surface area contributed by atoms with Gasteiger partial charge in [0.05, 0.1) is 5.75 Å². The Bertz CT molecular complexity index is 938. The zero-order chi connectivity index (χ0) is 18.6. The molecule has 1 atom stereocenters. The second kappa shape index (κ2) is 7.53. The topological polar surface area (TPSA) is 92.3 Å². The molecule has 2 aromatic rings. The fourth-order valence-electron chi connectivity index (χ4n) is 2.63. The Morgan fingerprint density at radius 3 is 2.31 bits per heavy atom. The van der Waals surface area contributed by atoms with Gasteiger partial charge in [-0.15, -0.1) is 0 Å². The summed E-state index contributed by atoms with van der Waals surface area (Å²) in [6.07, 6.45) is 1.32. The summed E-state index contributed by atoms with van der Waals surface area (Å²) < 4.78 is 25.0. The number of rotatable bonds is 4. The number of benzene rings is 2. The maximum Gasteiger partial charge on any atom is 0.263 e. The first-order chi connectivity index (χ1) is 12.5. The zero-order valence-electron chi connectivity index (χ0n) is 13.9. The SMILES string of the molecule is O=C1NC(C(=O)NCc2ccccc2)CS(=O)(=O)/C1=C\c1ccccc1. The van der Waals surface area contributed by atoms with E-state index in [4.69, 9.17) is 0 Å². The molecule has 2 aromatic carbocycles. The molecule has 7 heteroatoms. The Hall–Kier alpha value is -2.93. The van der Waals surface area contributed by atoms with Gasteiger partial charge < -0.3 is 10.6 Å². The van der Waals surface area contributed by atoms with E-state index < -0.39 is 33.4 Å². The molecular weight excluding hydrogens is 352 g/mol. The van der Waals surface area contributed by atoms with Gasteiger partial charge in [-0.05, 0) is 17.2 Å². The molecule has 6 nitrogen and oxygen atoms in total. The smallest absolute Gasteiger partial charge is 0.263 e. The van der Waals surface area contributed by atoms with Crippen LogP contribution in [0.3, 0.4) is 0 Å². The largest absolute Gasteiger partial charge is 0.350 e.